The monoisotopic (exact) mass is 455 g/mol. The fourth-order valence-corrected chi connectivity index (χ4v) is 3.91. The average molecular weight is 456 g/mol. The van der Waals surface area contributed by atoms with Crippen molar-refractivity contribution >= 4 is 40.2 Å². The van der Waals surface area contributed by atoms with Crippen LogP contribution in [0.1, 0.15) is 23.7 Å². The van der Waals surface area contributed by atoms with E-state index in [1.807, 2.05) is 6.07 Å². The third-order valence-corrected chi connectivity index (χ3v) is 5.52. The number of fused-ring (bicyclic) bond motifs is 1. The average Bonchev–Trinajstić information content (AvgIpc) is 2.80. The first kappa shape index (κ1) is 23.5. The minimum absolute atomic E-state index is 0.0543. The van der Waals surface area contributed by atoms with Gasteiger partial charge in [0.25, 0.3) is 5.56 Å². The first-order valence-corrected chi connectivity index (χ1v) is 11.2. The first-order valence-electron chi connectivity index (χ1n) is 10.2. The molecule has 0 bridgehead atoms. The highest BCUT2D eigenvalue weighted by atomic mass is 32.2. The highest BCUT2D eigenvalue weighted by Gasteiger charge is 2.14. The number of hydrogen-bond acceptors (Lipinski definition) is 7. The fourth-order valence-electron chi connectivity index (χ4n) is 3.09. The molecule has 1 amide bonds. The van der Waals surface area contributed by atoms with E-state index in [9.17, 15) is 14.4 Å². The van der Waals surface area contributed by atoms with Crippen LogP contribution in [0.3, 0.4) is 0 Å². The van der Waals surface area contributed by atoms with E-state index in [0.29, 0.717) is 46.9 Å². The number of hydrogen-bond donors (Lipinski definition) is 1. The number of benzene rings is 2. The third-order valence-electron chi connectivity index (χ3n) is 4.55. The summed E-state index contributed by atoms with van der Waals surface area (Å²) >= 11 is 1.19. The molecule has 9 heteroatoms. The van der Waals surface area contributed by atoms with Crippen LogP contribution in [0.25, 0.3) is 10.9 Å². The van der Waals surface area contributed by atoms with Crippen molar-refractivity contribution in [1.82, 2.24) is 9.55 Å². The van der Waals surface area contributed by atoms with Crippen molar-refractivity contribution in [3.8, 4) is 0 Å². The number of nitrogens with one attached hydrogen (secondary N) is 1. The summed E-state index contributed by atoms with van der Waals surface area (Å²) in [5.41, 5.74) is 1.30. The molecule has 0 fully saturated rings. The Balaban J connectivity index is 1.74. The second-order valence-electron chi connectivity index (χ2n) is 6.85. The van der Waals surface area contributed by atoms with Gasteiger partial charge in [-0.1, -0.05) is 30.0 Å². The lowest BCUT2D eigenvalue weighted by molar-refractivity contribution is -0.113. The summed E-state index contributed by atoms with van der Waals surface area (Å²) in [6.45, 7) is 2.96. The Bertz CT molecular complexity index is 1160. The Morgan fingerprint density at radius 3 is 2.75 bits per heavy atom. The van der Waals surface area contributed by atoms with E-state index < -0.39 is 5.97 Å². The van der Waals surface area contributed by atoms with Crippen LogP contribution in [0.5, 0.6) is 0 Å². The van der Waals surface area contributed by atoms with E-state index in [1.54, 1.807) is 61.1 Å². The zero-order chi connectivity index (χ0) is 22.9. The van der Waals surface area contributed by atoms with Gasteiger partial charge >= 0.3 is 5.97 Å². The molecule has 0 unspecified atom stereocenters. The van der Waals surface area contributed by atoms with Gasteiger partial charge < -0.3 is 14.8 Å². The molecule has 0 aliphatic carbocycles. The summed E-state index contributed by atoms with van der Waals surface area (Å²) in [5.74, 6) is -0.668. The number of aromatic nitrogens is 2. The molecule has 168 valence electrons. The SMILES string of the molecule is CCOC(=O)c1cccc(NC(=O)CSc2nc3ccccc3c(=O)n2CCCOC)c1. The van der Waals surface area contributed by atoms with Crippen molar-refractivity contribution in [3.05, 3.63) is 64.4 Å². The van der Waals surface area contributed by atoms with Crippen molar-refractivity contribution in [3.63, 3.8) is 0 Å². The Morgan fingerprint density at radius 1 is 1.16 bits per heavy atom. The molecule has 1 N–H and O–H groups in total. The molecule has 0 atom stereocenters. The van der Waals surface area contributed by atoms with E-state index in [0.717, 1.165) is 0 Å². The van der Waals surface area contributed by atoms with Gasteiger partial charge in [-0.05, 0) is 43.7 Å². The van der Waals surface area contributed by atoms with Crippen molar-refractivity contribution in [2.24, 2.45) is 0 Å². The lowest BCUT2D eigenvalue weighted by Gasteiger charge is -2.13. The zero-order valence-electron chi connectivity index (χ0n) is 18.0. The minimum atomic E-state index is -0.446. The van der Waals surface area contributed by atoms with E-state index in [1.165, 1.54) is 11.8 Å². The van der Waals surface area contributed by atoms with Crippen molar-refractivity contribution in [2.75, 3.05) is 31.4 Å². The number of rotatable bonds is 10. The van der Waals surface area contributed by atoms with E-state index in [2.05, 4.69) is 10.3 Å². The number of anilines is 1. The maximum Gasteiger partial charge on any atom is 0.338 e. The molecule has 2 aromatic carbocycles. The van der Waals surface area contributed by atoms with Gasteiger partial charge in [-0.15, -0.1) is 0 Å². The second kappa shape index (κ2) is 11.4. The van der Waals surface area contributed by atoms with Gasteiger partial charge in [-0.25, -0.2) is 9.78 Å². The van der Waals surface area contributed by atoms with Crippen LogP contribution in [0.4, 0.5) is 5.69 Å². The van der Waals surface area contributed by atoms with Gasteiger partial charge in [0.15, 0.2) is 5.16 Å². The lowest BCUT2D eigenvalue weighted by Crippen LogP contribution is -2.25. The zero-order valence-corrected chi connectivity index (χ0v) is 18.8. The topological polar surface area (TPSA) is 99.5 Å². The quantitative estimate of drug-likeness (QED) is 0.217. The maximum atomic E-state index is 13.0. The number of nitrogens with zero attached hydrogens (tertiary/aromatic N) is 2. The molecular formula is C23H25N3O5S. The van der Waals surface area contributed by atoms with E-state index in [-0.39, 0.29) is 23.8 Å². The summed E-state index contributed by atoms with van der Waals surface area (Å²) in [6.07, 6.45) is 0.650. The Labute approximate surface area is 189 Å². The Morgan fingerprint density at radius 2 is 1.97 bits per heavy atom. The standard InChI is InChI=1S/C23H25N3O5S/c1-3-31-22(29)16-8-6-9-17(14-16)24-20(27)15-32-23-25-19-11-5-4-10-18(19)21(28)26(23)12-7-13-30-2/h4-6,8-11,14H,3,7,12-13,15H2,1-2H3,(H,24,27). The molecule has 0 aliphatic heterocycles. The maximum absolute atomic E-state index is 13.0. The van der Waals surface area contributed by atoms with Crippen LogP contribution in [0.15, 0.2) is 58.5 Å². The molecule has 0 saturated heterocycles. The van der Waals surface area contributed by atoms with Gasteiger partial charge in [0.05, 0.1) is 28.8 Å². The molecule has 3 rings (SSSR count). The van der Waals surface area contributed by atoms with Crippen LogP contribution in [-0.4, -0.2) is 47.5 Å². The summed E-state index contributed by atoms with van der Waals surface area (Å²) in [7, 11) is 1.61. The molecule has 1 heterocycles. The molecule has 1 aromatic heterocycles. The minimum Gasteiger partial charge on any atom is -0.462 e. The fraction of sp³-hybridized carbons (Fsp3) is 0.304. The summed E-state index contributed by atoms with van der Waals surface area (Å²) in [6, 6.07) is 13.7. The Kier molecular flexibility index (Phi) is 8.41. The van der Waals surface area contributed by atoms with Crippen LogP contribution in [0.2, 0.25) is 0 Å². The summed E-state index contributed by atoms with van der Waals surface area (Å²) in [5, 5.41) is 3.78. The summed E-state index contributed by atoms with van der Waals surface area (Å²) in [4.78, 5) is 42.0. The third kappa shape index (κ3) is 5.95. The molecular weight excluding hydrogens is 430 g/mol. The molecule has 0 spiro atoms. The van der Waals surface area contributed by atoms with Gasteiger partial charge in [-0.2, -0.15) is 0 Å². The van der Waals surface area contributed by atoms with E-state index in [4.69, 9.17) is 9.47 Å². The van der Waals surface area contributed by atoms with Gasteiger partial charge in [-0.3, -0.25) is 14.2 Å². The number of amides is 1. The second-order valence-corrected chi connectivity index (χ2v) is 7.80. The molecule has 0 aliphatic rings. The number of ether oxygens (including phenoxy) is 2. The molecule has 0 radical (unpaired) electrons. The van der Waals surface area contributed by atoms with Gasteiger partial charge in [0.2, 0.25) is 5.91 Å². The van der Waals surface area contributed by atoms with Gasteiger partial charge in [0.1, 0.15) is 0 Å². The molecule has 0 saturated carbocycles. The van der Waals surface area contributed by atoms with Crippen LogP contribution < -0.4 is 10.9 Å². The first-order chi connectivity index (χ1) is 15.5. The number of methoxy groups -OCH3 is 1. The molecule has 8 nitrogen and oxygen atoms in total. The largest absolute Gasteiger partial charge is 0.462 e. The smallest absolute Gasteiger partial charge is 0.338 e. The van der Waals surface area contributed by atoms with Crippen molar-refractivity contribution < 1.29 is 19.1 Å². The van der Waals surface area contributed by atoms with Crippen molar-refractivity contribution in [1.29, 1.82) is 0 Å². The number of esters is 1. The highest BCUT2D eigenvalue weighted by Crippen LogP contribution is 2.19. The highest BCUT2D eigenvalue weighted by molar-refractivity contribution is 7.99. The van der Waals surface area contributed by atoms with E-state index >= 15 is 0 Å². The molecule has 3 aromatic rings. The van der Waals surface area contributed by atoms with Crippen LogP contribution >= 0.6 is 11.8 Å². The predicted molar refractivity (Wildman–Crippen MR) is 124 cm³/mol. The van der Waals surface area contributed by atoms with Crippen LogP contribution in [-0.2, 0) is 20.8 Å². The summed E-state index contributed by atoms with van der Waals surface area (Å²) < 4.78 is 11.7. The Hall–Kier alpha value is -3.17. The van der Waals surface area contributed by atoms with Gasteiger partial charge in [0, 0.05) is 25.9 Å². The molecule has 32 heavy (non-hydrogen) atoms. The van der Waals surface area contributed by atoms with Crippen LogP contribution in [0, 0.1) is 0 Å². The number of para-hydroxylation sites is 1. The normalized spacial score (nSPS) is 10.8. The number of carbonyl (C=O) groups excluding carboxylic acids is 2. The predicted octanol–water partition coefficient (Wildman–Crippen LogP) is 3.34. The van der Waals surface area contributed by atoms with Crippen molar-refractivity contribution in [2.45, 2.75) is 25.0 Å². The lowest BCUT2D eigenvalue weighted by atomic mass is 10.2. The number of thioether (sulfide) groups is 1. The number of carbonyl (C=O) groups is 2.